The minimum Gasteiger partial charge on any atom is -0.459 e. The summed E-state index contributed by atoms with van der Waals surface area (Å²) in [5, 5.41) is 2.59. The van der Waals surface area contributed by atoms with Crippen LogP contribution < -0.4 is 5.32 Å². The van der Waals surface area contributed by atoms with E-state index in [1.54, 1.807) is 0 Å². The molecule has 1 amide bonds. The van der Waals surface area contributed by atoms with Gasteiger partial charge in [-0.2, -0.15) is 0 Å². The summed E-state index contributed by atoms with van der Waals surface area (Å²) in [5.74, 6) is -0.771. The molecule has 1 aliphatic rings. The van der Waals surface area contributed by atoms with E-state index >= 15 is 0 Å². The van der Waals surface area contributed by atoms with Crippen LogP contribution in [0.3, 0.4) is 0 Å². The van der Waals surface area contributed by atoms with Gasteiger partial charge in [-0.1, -0.05) is 30.3 Å². The van der Waals surface area contributed by atoms with E-state index in [9.17, 15) is 14.4 Å². The van der Waals surface area contributed by atoms with Crippen molar-refractivity contribution in [3.05, 3.63) is 35.9 Å². The van der Waals surface area contributed by atoms with Crippen LogP contribution in [0.15, 0.2) is 30.3 Å². The molecule has 5 nitrogen and oxygen atoms in total. The topological polar surface area (TPSA) is 72.5 Å². The van der Waals surface area contributed by atoms with E-state index in [-0.39, 0.29) is 24.7 Å². The lowest BCUT2D eigenvalue weighted by molar-refractivity contribution is -0.150. The molecule has 0 bridgehead atoms. The number of ether oxygens (including phenoxy) is 1. The van der Waals surface area contributed by atoms with Crippen molar-refractivity contribution in [3.63, 3.8) is 0 Å². The van der Waals surface area contributed by atoms with Gasteiger partial charge in [0.2, 0.25) is 5.91 Å². The molecular weight excluding hydrogens is 270 g/mol. The number of Topliss-reactive ketones (excluding diaryl/α,β-unsaturated/α-hetero) is 1. The highest BCUT2D eigenvalue weighted by Gasteiger charge is 2.26. The molecule has 1 aromatic rings. The van der Waals surface area contributed by atoms with Crippen molar-refractivity contribution in [1.29, 1.82) is 0 Å². The van der Waals surface area contributed by atoms with E-state index in [2.05, 4.69) is 5.32 Å². The summed E-state index contributed by atoms with van der Waals surface area (Å²) in [7, 11) is 0. The third-order valence-corrected chi connectivity index (χ3v) is 3.38. The van der Waals surface area contributed by atoms with E-state index in [0.29, 0.717) is 25.7 Å². The van der Waals surface area contributed by atoms with Gasteiger partial charge in [-0.15, -0.1) is 0 Å². The molecular formula is C16H19NO4. The molecule has 0 spiro atoms. The average molecular weight is 289 g/mol. The first-order valence-corrected chi connectivity index (χ1v) is 7.17. The second-order valence-electron chi connectivity index (χ2n) is 5.16. The Labute approximate surface area is 123 Å². The molecule has 1 atom stereocenters. The summed E-state index contributed by atoms with van der Waals surface area (Å²) in [6, 6.07) is 8.41. The Morgan fingerprint density at radius 3 is 2.62 bits per heavy atom. The predicted octanol–water partition coefficient (Wildman–Crippen LogP) is 1.75. The van der Waals surface area contributed by atoms with Gasteiger partial charge in [0.1, 0.15) is 18.4 Å². The Kier molecular flexibility index (Phi) is 5.49. The van der Waals surface area contributed by atoms with Crippen molar-refractivity contribution in [1.82, 2.24) is 5.32 Å². The largest absolute Gasteiger partial charge is 0.459 e. The summed E-state index contributed by atoms with van der Waals surface area (Å²) < 4.78 is 5.20. The fourth-order valence-corrected chi connectivity index (χ4v) is 2.23. The molecule has 1 fully saturated rings. The van der Waals surface area contributed by atoms with Crippen molar-refractivity contribution in [2.24, 2.45) is 0 Å². The molecule has 0 unspecified atom stereocenters. The van der Waals surface area contributed by atoms with Crippen LogP contribution in [0.1, 0.15) is 37.7 Å². The third kappa shape index (κ3) is 5.02. The number of benzene rings is 1. The van der Waals surface area contributed by atoms with Gasteiger partial charge >= 0.3 is 5.97 Å². The number of esters is 1. The number of amides is 1. The van der Waals surface area contributed by atoms with E-state index in [4.69, 9.17) is 4.74 Å². The zero-order chi connectivity index (χ0) is 15.1. The van der Waals surface area contributed by atoms with Crippen molar-refractivity contribution >= 4 is 17.7 Å². The number of ketones is 1. The van der Waals surface area contributed by atoms with Gasteiger partial charge < -0.3 is 10.1 Å². The van der Waals surface area contributed by atoms with Crippen LogP contribution >= 0.6 is 0 Å². The predicted molar refractivity (Wildman–Crippen MR) is 76.3 cm³/mol. The average Bonchev–Trinajstić information content (AvgIpc) is 2.57. The monoisotopic (exact) mass is 289 g/mol. The quantitative estimate of drug-likeness (QED) is 0.860. The fourth-order valence-electron chi connectivity index (χ4n) is 2.23. The van der Waals surface area contributed by atoms with Crippen LogP contribution in [0.5, 0.6) is 0 Å². The first-order valence-electron chi connectivity index (χ1n) is 7.17. The lowest BCUT2D eigenvalue weighted by Gasteiger charge is -2.16. The number of carbonyl (C=O) groups is 3. The van der Waals surface area contributed by atoms with Crippen molar-refractivity contribution in [3.8, 4) is 0 Å². The first-order chi connectivity index (χ1) is 10.1. The SMILES string of the molecule is O=C1CCCCC(=O)N[C@H](C(=O)OCc2ccccc2)C1. The van der Waals surface area contributed by atoms with Crippen molar-refractivity contribution < 1.29 is 19.1 Å². The Hall–Kier alpha value is -2.17. The van der Waals surface area contributed by atoms with Crippen LogP contribution in [0, 0.1) is 0 Å². The summed E-state index contributed by atoms with van der Waals surface area (Å²) in [4.78, 5) is 35.4. The zero-order valence-corrected chi connectivity index (χ0v) is 11.8. The standard InChI is InChI=1S/C16H19NO4/c18-13-8-4-5-9-15(19)17-14(10-13)16(20)21-11-12-6-2-1-3-7-12/h1-3,6-7,14H,4-5,8-11H2,(H,17,19)/t14-/m0/s1. The van der Waals surface area contributed by atoms with Gasteiger partial charge in [-0.05, 0) is 18.4 Å². The van der Waals surface area contributed by atoms with E-state index in [1.807, 2.05) is 30.3 Å². The molecule has 21 heavy (non-hydrogen) atoms. The number of rotatable bonds is 3. The molecule has 0 radical (unpaired) electrons. The lowest BCUT2D eigenvalue weighted by atomic mass is 10.1. The normalized spacial score (nSPS) is 19.9. The Balaban J connectivity index is 1.94. The minimum atomic E-state index is -0.869. The van der Waals surface area contributed by atoms with Crippen LogP contribution in [0.2, 0.25) is 0 Å². The maximum Gasteiger partial charge on any atom is 0.329 e. The zero-order valence-electron chi connectivity index (χ0n) is 11.8. The van der Waals surface area contributed by atoms with Crippen LogP contribution in [-0.4, -0.2) is 23.7 Å². The van der Waals surface area contributed by atoms with E-state index < -0.39 is 12.0 Å². The van der Waals surface area contributed by atoms with Crippen molar-refractivity contribution in [2.45, 2.75) is 44.8 Å². The number of hydrogen-bond donors (Lipinski definition) is 1. The van der Waals surface area contributed by atoms with E-state index in [1.165, 1.54) is 0 Å². The van der Waals surface area contributed by atoms with Crippen LogP contribution in [0.4, 0.5) is 0 Å². The molecule has 1 N–H and O–H groups in total. The lowest BCUT2D eigenvalue weighted by Crippen LogP contribution is -2.42. The number of hydrogen-bond acceptors (Lipinski definition) is 4. The van der Waals surface area contributed by atoms with Crippen LogP contribution in [0.25, 0.3) is 0 Å². The molecule has 0 aromatic heterocycles. The molecule has 0 aliphatic carbocycles. The summed E-state index contributed by atoms with van der Waals surface area (Å²) in [6.07, 6.45) is 2.13. The van der Waals surface area contributed by atoms with Gasteiger partial charge in [0.25, 0.3) is 0 Å². The minimum absolute atomic E-state index is 0.0133. The molecule has 5 heteroatoms. The Morgan fingerprint density at radius 1 is 1.14 bits per heavy atom. The number of nitrogens with one attached hydrogen (secondary N) is 1. The van der Waals surface area contributed by atoms with E-state index in [0.717, 1.165) is 5.56 Å². The molecule has 112 valence electrons. The van der Waals surface area contributed by atoms with Gasteiger partial charge in [-0.3, -0.25) is 9.59 Å². The first kappa shape index (κ1) is 15.2. The molecule has 1 aromatic carbocycles. The van der Waals surface area contributed by atoms with Gasteiger partial charge in [0.05, 0.1) is 0 Å². The summed E-state index contributed by atoms with van der Waals surface area (Å²) in [5.41, 5.74) is 0.867. The fraction of sp³-hybridized carbons (Fsp3) is 0.438. The molecule has 1 heterocycles. The van der Waals surface area contributed by atoms with Gasteiger partial charge in [0.15, 0.2) is 0 Å². The summed E-state index contributed by atoms with van der Waals surface area (Å²) in [6.45, 7) is 0.139. The highest BCUT2D eigenvalue weighted by Crippen LogP contribution is 2.10. The molecule has 1 saturated heterocycles. The number of carbonyl (C=O) groups excluding carboxylic acids is 3. The Bertz CT molecular complexity index is 492. The highest BCUT2D eigenvalue weighted by molar-refractivity contribution is 5.90. The highest BCUT2D eigenvalue weighted by atomic mass is 16.5. The third-order valence-electron chi connectivity index (χ3n) is 3.38. The maximum absolute atomic E-state index is 12.1. The second kappa shape index (κ2) is 7.57. The van der Waals surface area contributed by atoms with Gasteiger partial charge in [0, 0.05) is 19.3 Å². The molecule has 1 aliphatic heterocycles. The van der Waals surface area contributed by atoms with Crippen molar-refractivity contribution in [2.75, 3.05) is 0 Å². The second-order valence-corrected chi connectivity index (χ2v) is 5.16. The smallest absolute Gasteiger partial charge is 0.329 e. The summed E-state index contributed by atoms with van der Waals surface area (Å²) >= 11 is 0. The molecule has 0 saturated carbocycles. The maximum atomic E-state index is 12.1. The van der Waals surface area contributed by atoms with Crippen LogP contribution in [-0.2, 0) is 25.7 Å². The van der Waals surface area contributed by atoms with Gasteiger partial charge in [-0.25, -0.2) is 4.79 Å². The Morgan fingerprint density at radius 2 is 1.86 bits per heavy atom. The molecule has 2 rings (SSSR count).